The molecule has 0 bridgehead atoms. The van der Waals surface area contributed by atoms with Crippen LogP contribution in [0.3, 0.4) is 0 Å². The van der Waals surface area contributed by atoms with Gasteiger partial charge in [-0.1, -0.05) is 43.6 Å². The van der Waals surface area contributed by atoms with E-state index >= 15 is 0 Å². The van der Waals surface area contributed by atoms with Gasteiger partial charge in [-0.2, -0.15) is 17.4 Å². The number of thiophene rings is 2. The summed E-state index contributed by atoms with van der Waals surface area (Å²) in [7, 11) is -4.05. The highest BCUT2D eigenvalue weighted by Crippen LogP contribution is 2.26. The molecule has 43 heavy (non-hydrogen) atoms. The summed E-state index contributed by atoms with van der Waals surface area (Å²) >= 11 is 14.8. The number of amides is 3. The summed E-state index contributed by atoms with van der Waals surface area (Å²) in [5, 5.41) is 10.2. The highest BCUT2D eigenvalue weighted by Gasteiger charge is 2.31. The number of rotatable bonds is 16. The molecule has 3 aromatic rings. The molecule has 0 unspecified atom stereocenters. The van der Waals surface area contributed by atoms with Gasteiger partial charge in [0.1, 0.15) is 22.3 Å². The Kier molecular flexibility index (Phi) is 14.3. The molecule has 234 valence electrons. The zero-order valence-electron chi connectivity index (χ0n) is 23.5. The normalized spacial score (nSPS) is 13.7. The van der Waals surface area contributed by atoms with Crippen LogP contribution >= 0.6 is 69.5 Å². The predicted octanol–water partition coefficient (Wildman–Crippen LogP) is 4.61. The van der Waals surface area contributed by atoms with Gasteiger partial charge < -0.3 is 16.0 Å². The molecular formula is C28H34ClIN4O5S4. The van der Waals surface area contributed by atoms with E-state index in [9.17, 15) is 22.8 Å². The van der Waals surface area contributed by atoms with E-state index in [0.717, 1.165) is 25.3 Å². The quantitative estimate of drug-likeness (QED) is 0.107. The minimum atomic E-state index is -4.05. The zero-order chi connectivity index (χ0) is 31.6. The number of carbonyl (C=O) groups excluding carboxylic acids is 3. The number of benzene rings is 1. The Balaban J connectivity index is 1.80. The average Bonchev–Trinajstić information content (AvgIpc) is 3.65. The van der Waals surface area contributed by atoms with Gasteiger partial charge in [-0.25, -0.2) is 8.42 Å². The van der Waals surface area contributed by atoms with Gasteiger partial charge >= 0.3 is 0 Å². The maximum Gasteiger partial charge on any atom is 0.250 e. The molecule has 3 rings (SSSR count). The van der Waals surface area contributed by atoms with E-state index in [-0.39, 0.29) is 28.7 Å². The number of carbonyl (C=O) groups is 3. The summed E-state index contributed by atoms with van der Waals surface area (Å²) in [6.07, 6.45) is 0.894. The van der Waals surface area contributed by atoms with Crippen molar-refractivity contribution in [2.75, 3.05) is 5.75 Å². The van der Waals surface area contributed by atoms with Crippen molar-refractivity contribution in [3.8, 4) is 0 Å². The molecular weight excluding hydrogens is 763 g/mol. The Bertz CT molecular complexity index is 1470. The molecule has 0 fully saturated rings. The second-order valence-corrected chi connectivity index (χ2v) is 16.4. The van der Waals surface area contributed by atoms with Gasteiger partial charge in [0.05, 0.1) is 10.9 Å². The molecule has 15 heteroatoms. The molecule has 9 nitrogen and oxygen atoms in total. The van der Waals surface area contributed by atoms with Gasteiger partial charge in [-0.15, -0.1) is 22.7 Å². The summed E-state index contributed by atoms with van der Waals surface area (Å²) in [6.45, 7) is 4.25. The van der Waals surface area contributed by atoms with E-state index in [2.05, 4.69) is 55.9 Å². The maximum atomic E-state index is 13.6. The van der Waals surface area contributed by atoms with Crippen molar-refractivity contribution in [2.45, 2.75) is 62.0 Å². The fourth-order valence-corrected chi connectivity index (χ4v) is 7.94. The highest BCUT2D eigenvalue weighted by atomic mass is 127. The molecule has 0 saturated heterocycles. The fraction of sp³-hybridized carbons (Fsp3) is 0.393. The van der Waals surface area contributed by atoms with Gasteiger partial charge in [0, 0.05) is 20.6 Å². The molecule has 2 heterocycles. The van der Waals surface area contributed by atoms with Crippen LogP contribution in [0.15, 0.2) is 58.1 Å². The first-order chi connectivity index (χ1) is 20.4. The summed E-state index contributed by atoms with van der Waals surface area (Å²) < 4.78 is 29.9. The number of sulfonamides is 1. The van der Waals surface area contributed by atoms with Crippen molar-refractivity contribution in [1.29, 1.82) is 0 Å². The van der Waals surface area contributed by atoms with Crippen LogP contribution in [0.25, 0.3) is 0 Å². The van der Waals surface area contributed by atoms with Crippen LogP contribution in [0.2, 0.25) is 4.34 Å². The molecule has 2 aromatic heterocycles. The molecule has 0 spiro atoms. The van der Waals surface area contributed by atoms with Gasteiger partial charge in [-0.3, -0.25) is 14.4 Å². The number of halogens is 2. The Morgan fingerprint density at radius 3 is 2.19 bits per heavy atom. The average molecular weight is 797 g/mol. The molecule has 0 radical (unpaired) electrons. The molecule has 0 saturated carbocycles. The lowest BCUT2D eigenvalue weighted by molar-refractivity contribution is -0.132. The Labute approximate surface area is 284 Å². The minimum absolute atomic E-state index is 0.0155. The number of nitrogens with one attached hydrogen (secondary N) is 4. The first-order valence-corrected chi connectivity index (χ1v) is 18.7. The number of hydrogen-bond acceptors (Lipinski definition) is 8. The number of thiol groups is 1. The van der Waals surface area contributed by atoms with Crippen molar-refractivity contribution in [3.63, 3.8) is 0 Å². The van der Waals surface area contributed by atoms with Crippen molar-refractivity contribution in [2.24, 2.45) is 5.92 Å². The topological polar surface area (TPSA) is 133 Å². The second-order valence-electron chi connectivity index (χ2n) is 10.1. The summed E-state index contributed by atoms with van der Waals surface area (Å²) in [5.41, 5.74) is 0.776. The van der Waals surface area contributed by atoms with Gasteiger partial charge in [0.25, 0.3) is 10.0 Å². The second kappa shape index (κ2) is 17.1. The van der Waals surface area contributed by atoms with Gasteiger partial charge in [-0.05, 0) is 82.6 Å². The van der Waals surface area contributed by atoms with Crippen LogP contribution in [-0.4, -0.2) is 50.0 Å². The summed E-state index contributed by atoms with van der Waals surface area (Å²) in [5.74, 6) is -1.42. The van der Waals surface area contributed by atoms with E-state index in [4.69, 9.17) is 11.6 Å². The summed E-state index contributed by atoms with van der Waals surface area (Å²) in [4.78, 5) is 41.0. The van der Waals surface area contributed by atoms with Crippen molar-refractivity contribution in [3.05, 3.63) is 72.3 Å². The van der Waals surface area contributed by atoms with Crippen molar-refractivity contribution < 1.29 is 22.8 Å². The van der Waals surface area contributed by atoms with Crippen molar-refractivity contribution in [1.82, 2.24) is 20.7 Å². The lowest BCUT2D eigenvalue weighted by Gasteiger charge is -2.25. The first kappa shape index (κ1) is 35.8. The SMILES string of the molecule is CC(C)CC[C@H](NS(=O)(=O)c1ccc(Cl)s1)C(=O)N[C@@H](Cc1ccc(I)cc1)C(=O)N[C@@H](CS)C(=O)NCc1cccs1. The molecule has 3 amide bonds. The Morgan fingerprint density at radius 2 is 1.60 bits per heavy atom. The van der Waals surface area contributed by atoms with Crippen LogP contribution in [0, 0.1) is 9.49 Å². The molecule has 3 atom stereocenters. The summed E-state index contributed by atoms with van der Waals surface area (Å²) in [6, 6.07) is 10.9. The van der Waals surface area contributed by atoms with Crippen molar-refractivity contribution >= 4 is 97.2 Å². The maximum absolute atomic E-state index is 13.6. The lowest BCUT2D eigenvalue weighted by atomic mass is 10.0. The Morgan fingerprint density at radius 1 is 0.930 bits per heavy atom. The molecule has 0 aliphatic rings. The lowest BCUT2D eigenvalue weighted by Crippen LogP contribution is -2.57. The van der Waals surface area contributed by atoms with Crippen LogP contribution in [-0.2, 0) is 37.4 Å². The third kappa shape index (κ3) is 11.6. The smallest absolute Gasteiger partial charge is 0.250 e. The van der Waals surface area contributed by atoms with E-state index in [0.29, 0.717) is 17.3 Å². The van der Waals surface area contributed by atoms with Crippen LogP contribution < -0.4 is 20.7 Å². The largest absolute Gasteiger partial charge is 0.349 e. The fourth-order valence-electron chi connectivity index (χ4n) is 3.95. The first-order valence-electron chi connectivity index (χ1n) is 13.4. The Hall–Kier alpha value is -1.69. The monoisotopic (exact) mass is 796 g/mol. The third-order valence-corrected chi connectivity index (χ3v) is 11.4. The van der Waals surface area contributed by atoms with Gasteiger partial charge in [0.15, 0.2) is 0 Å². The molecule has 0 aliphatic heterocycles. The molecule has 1 aromatic carbocycles. The predicted molar refractivity (Wildman–Crippen MR) is 184 cm³/mol. The van der Waals surface area contributed by atoms with Crippen LogP contribution in [0.4, 0.5) is 0 Å². The van der Waals surface area contributed by atoms with Gasteiger partial charge in [0.2, 0.25) is 17.7 Å². The van der Waals surface area contributed by atoms with E-state index < -0.39 is 45.9 Å². The zero-order valence-corrected chi connectivity index (χ0v) is 29.8. The van der Waals surface area contributed by atoms with Crippen LogP contribution in [0.5, 0.6) is 0 Å². The van der Waals surface area contributed by atoms with E-state index in [1.165, 1.54) is 23.5 Å². The molecule has 4 N–H and O–H groups in total. The highest BCUT2D eigenvalue weighted by molar-refractivity contribution is 14.1. The standard InChI is InChI=1S/C28H34ClIN4O5S4/c1-17(2)5-10-21(34-43(38,39)25-12-11-24(29)42-25)27(36)32-22(14-18-6-8-19(30)9-7-18)28(37)33-23(16-40)26(35)31-15-20-4-3-13-41-20/h3-4,6-9,11-13,17,21-23,34,40H,5,10,14-16H2,1-2H3,(H,31,35)(H,32,36)(H,33,37)/t21-,22-,23-/m0/s1. The number of hydrogen-bond donors (Lipinski definition) is 5. The minimum Gasteiger partial charge on any atom is -0.349 e. The van der Waals surface area contributed by atoms with E-state index in [1.807, 2.05) is 55.6 Å². The van der Waals surface area contributed by atoms with Crippen LogP contribution in [0.1, 0.15) is 37.1 Å². The van der Waals surface area contributed by atoms with E-state index in [1.54, 1.807) is 0 Å². The third-order valence-electron chi connectivity index (χ3n) is 6.28. The molecule has 0 aliphatic carbocycles.